The van der Waals surface area contributed by atoms with Gasteiger partial charge in [0.2, 0.25) is 5.91 Å². The molecule has 1 N–H and O–H groups in total. The Balaban J connectivity index is 1.90. The molecule has 7 heteroatoms. The highest BCUT2D eigenvalue weighted by Crippen LogP contribution is 2.26. The Bertz CT molecular complexity index is 571. The second-order valence-corrected chi connectivity index (χ2v) is 6.23. The van der Waals surface area contributed by atoms with Crippen LogP contribution in [-0.2, 0) is 4.79 Å². The van der Waals surface area contributed by atoms with Gasteiger partial charge in [-0.1, -0.05) is 19.1 Å². The van der Waals surface area contributed by atoms with E-state index in [-0.39, 0.29) is 18.1 Å². The Kier molecular flexibility index (Phi) is 6.54. The number of nitrogens with one attached hydrogen (secondary N) is 1. The van der Waals surface area contributed by atoms with E-state index in [1.54, 1.807) is 30.1 Å². The smallest absolute Gasteiger partial charge is 0.292 e. The molecule has 24 heavy (non-hydrogen) atoms. The lowest BCUT2D eigenvalue weighted by Crippen LogP contribution is -2.44. The summed E-state index contributed by atoms with van der Waals surface area (Å²) >= 11 is 0. The first-order valence-electron chi connectivity index (χ1n) is 8.46. The van der Waals surface area contributed by atoms with Gasteiger partial charge in [-0.15, -0.1) is 0 Å². The van der Waals surface area contributed by atoms with Crippen molar-refractivity contribution in [3.63, 3.8) is 0 Å². The molecule has 7 nitrogen and oxygen atoms in total. The zero-order valence-electron chi connectivity index (χ0n) is 14.4. The minimum absolute atomic E-state index is 0.0251. The van der Waals surface area contributed by atoms with Gasteiger partial charge in [-0.05, 0) is 37.9 Å². The first kappa shape index (κ1) is 18.2. The van der Waals surface area contributed by atoms with Gasteiger partial charge >= 0.3 is 0 Å². The van der Waals surface area contributed by atoms with Gasteiger partial charge in [-0.3, -0.25) is 14.9 Å². The van der Waals surface area contributed by atoms with E-state index in [4.69, 9.17) is 0 Å². The highest BCUT2D eigenvalue weighted by atomic mass is 16.6. The van der Waals surface area contributed by atoms with Gasteiger partial charge in [0.15, 0.2) is 0 Å². The second kappa shape index (κ2) is 8.63. The number of likely N-dealkylation sites (tertiary alicyclic amines) is 1. The van der Waals surface area contributed by atoms with E-state index in [9.17, 15) is 14.9 Å². The number of anilines is 1. The van der Waals surface area contributed by atoms with Crippen molar-refractivity contribution in [1.29, 1.82) is 0 Å². The first-order chi connectivity index (χ1) is 11.5. The van der Waals surface area contributed by atoms with Gasteiger partial charge in [0.05, 0.1) is 11.5 Å². The Morgan fingerprint density at radius 3 is 2.67 bits per heavy atom. The maximum atomic E-state index is 12.5. The topological polar surface area (TPSA) is 78.7 Å². The summed E-state index contributed by atoms with van der Waals surface area (Å²) in [5, 5.41) is 14.5. The molecule has 1 heterocycles. The highest BCUT2D eigenvalue weighted by molar-refractivity contribution is 5.82. The van der Waals surface area contributed by atoms with E-state index in [1.807, 2.05) is 4.90 Å². The Morgan fingerprint density at radius 1 is 1.38 bits per heavy atom. The van der Waals surface area contributed by atoms with Crippen molar-refractivity contribution >= 4 is 17.3 Å². The van der Waals surface area contributed by atoms with E-state index in [2.05, 4.69) is 12.2 Å². The Hall–Kier alpha value is -2.15. The van der Waals surface area contributed by atoms with Crippen LogP contribution in [0.2, 0.25) is 0 Å². The molecule has 0 radical (unpaired) electrons. The lowest BCUT2D eigenvalue weighted by molar-refractivity contribution is -0.384. The number of carbonyl (C=O) groups excluding carboxylic acids is 1. The van der Waals surface area contributed by atoms with Gasteiger partial charge in [-0.2, -0.15) is 0 Å². The molecular formula is C17H26N4O3. The third-order valence-corrected chi connectivity index (χ3v) is 4.51. The quantitative estimate of drug-likeness (QED) is 0.608. The van der Waals surface area contributed by atoms with Crippen LogP contribution in [0.1, 0.15) is 19.8 Å². The van der Waals surface area contributed by atoms with Crippen LogP contribution in [0, 0.1) is 16.0 Å². The van der Waals surface area contributed by atoms with Gasteiger partial charge in [-0.25, -0.2) is 0 Å². The minimum atomic E-state index is -0.414. The molecule has 2 rings (SSSR count). The molecule has 0 saturated carbocycles. The molecular weight excluding hydrogens is 308 g/mol. The van der Waals surface area contributed by atoms with Crippen molar-refractivity contribution in [2.45, 2.75) is 19.8 Å². The molecule has 0 bridgehead atoms. The zero-order chi connectivity index (χ0) is 17.5. The van der Waals surface area contributed by atoms with Crippen molar-refractivity contribution < 1.29 is 9.72 Å². The number of nitro benzene ring substituents is 1. The summed E-state index contributed by atoms with van der Waals surface area (Å²) in [5.74, 6) is 0.652. The van der Waals surface area contributed by atoms with Crippen LogP contribution >= 0.6 is 0 Å². The number of para-hydroxylation sites is 2. The predicted molar refractivity (Wildman–Crippen MR) is 94.2 cm³/mol. The lowest BCUT2D eigenvalue weighted by Gasteiger charge is -2.33. The summed E-state index contributed by atoms with van der Waals surface area (Å²) in [7, 11) is 1.72. The second-order valence-electron chi connectivity index (χ2n) is 6.23. The first-order valence-corrected chi connectivity index (χ1v) is 8.46. The van der Waals surface area contributed by atoms with Crippen LogP contribution in [0.3, 0.4) is 0 Å². The van der Waals surface area contributed by atoms with Gasteiger partial charge < -0.3 is 15.1 Å². The summed E-state index contributed by atoms with van der Waals surface area (Å²) in [6, 6.07) is 6.51. The van der Waals surface area contributed by atoms with Crippen LogP contribution in [0.15, 0.2) is 24.3 Å². The molecule has 1 aliphatic heterocycles. The number of likely N-dealkylation sites (N-methyl/N-ethyl adjacent to an activating group) is 1. The monoisotopic (exact) mass is 334 g/mol. The van der Waals surface area contributed by atoms with E-state index < -0.39 is 4.92 Å². The fourth-order valence-electron chi connectivity index (χ4n) is 3.06. The molecule has 1 aromatic rings. The van der Waals surface area contributed by atoms with Crippen molar-refractivity contribution in [3.8, 4) is 0 Å². The number of hydrogen-bond donors (Lipinski definition) is 1. The molecule has 0 atom stereocenters. The number of nitrogens with zero attached hydrogens (tertiary/aromatic N) is 3. The number of piperidine rings is 1. The van der Waals surface area contributed by atoms with Crippen molar-refractivity contribution in [1.82, 2.24) is 10.2 Å². The number of carbonyl (C=O) groups is 1. The average molecular weight is 334 g/mol. The minimum Gasteiger partial charge on any atom is -0.360 e. The molecule has 1 aromatic carbocycles. The largest absolute Gasteiger partial charge is 0.360 e. The fourth-order valence-corrected chi connectivity index (χ4v) is 3.06. The van der Waals surface area contributed by atoms with Crippen LogP contribution < -0.4 is 10.2 Å². The normalized spacial score (nSPS) is 15.3. The molecule has 132 valence electrons. The van der Waals surface area contributed by atoms with Crippen LogP contribution in [0.25, 0.3) is 0 Å². The standard InChI is InChI=1S/C17H26N4O3/c1-3-18-12-14-8-10-20(11-9-14)17(22)13-19(2)15-6-4-5-7-16(15)21(23)24/h4-7,14,18H,3,8-13H2,1-2H3. The van der Waals surface area contributed by atoms with Crippen molar-refractivity contribution in [2.24, 2.45) is 5.92 Å². The Morgan fingerprint density at radius 2 is 2.04 bits per heavy atom. The third-order valence-electron chi connectivity index (χ3n) is 4.51. The third kappa shape index (κ3) is 4.67. The molecule has 1 aliphatic rings. The zero-order valence-corrected chi connectivity index (χ0v) is 14.4. The summed E-state index contributed by atoms with van der Waals surface area (Å²) in [4.78, 5) is 26.7. The van der Waals surface area contributed by atoms with E-state index in [0.717, 1.165) is 39.0 Å². The fraction of sp³-hybridized carbons (Fsp3) is 0.588. The summed E-state index contributed by atoms with van der Waals surface area (Å²) < 4.78 is 0. The van der Waals surface area contributed by atoms with E-state index >= 15 is 0 Å². The van der Waals surface area contributed by atoms with Crippen LogP contribution in [0.5, 0.6) is 0 Å². The van der Waals surface area contributed by atoms with E-state index in [0.29, 0.717) is 11.6 Å². The average Bonchev–Trinajstić information content (AvgIpc) is 2.60. The predicted octanol–water partition coefficient (Wildman–Crippen LogP) is 1.88. The van der Waals surface area contributed by atoms with Gasteiger partial charge in [0.1, 0.15) is 5.69 Å². The Labute approximate surface area is 142 Å². The molecule has 0 aromatic heterocycles. The van der Waals surface area contributed by atoms with Gasteiger partial charge in [0, 0.05) is 26.2 Å². The highest BCUT2D eigenvalue weighted by Gasteiger charge is 2.24. The SMILES string of the molecule is CCNCC1CCN(C(=O)CN(C)c2ccccc2[N+](=O)[O-])CC1. The molecule has 0 aliphatic carbocycles. The molecule has 0 unspecified atom stereocenters. The molecule has 1 saturated heterocycles. The van der Waals surface area contributed by atoms with Gasteiger partial charge in [0.25, 0.3) is 5.69 Å². The molecule has 1 fully saturated rings. The summed E-state index contributed by atoms with van der Waals surface area (Å²) in [6.07, 6.45) is 2.02. The number of benzene rings is 1. The molecule has 0 spiro atoms. The lowest BCUT2D eigenvalue weighted by atomic mass is 9.96. The summed E-state index contributed by atoms with van der Waals surface area (Å²) in [6.45, 7) is 5.76. The maximum Gasteiger partial charge on any atom is 0.292 e. The van der Waals surface area contributed by atoms with Crippen molar-refractivity contribution in [3.05, 3.63) is 34.4 Å². The van der Waals surface area contributed by atoms with Crippen molar-refractivity contribution in [2.75, 3.05) is 44.7 Å². The maximum absolute atomic E-state index is 12.5. The van der Waals surface area contributed by atoms with E-state index in [1.165, 1.54) is 6.07 Å². The number of nitro groups is 1. The van der Waals surface area contributed by atoms with Crippen LogP contribution in [-0.4, -0.2) is 55.5 Å². The number of amides is 1. The number of rotatable bonds is 7. The summed E-state index contributed by atoms with van der Waals surface area (Å²) in [5.41, 5.74) is 0.495. The number of hydrogen-bond acceptors (Lipinski definition) is 5. The molecule has 1 amide bonds. The van der Waals surface area contributed by atoms with Crippen LogP contribution in [0.4, 0.5) is 11.4 Å².